The number of pyridine rings is 2. The Morgan fingerprint density at radius 2 is 2.16 bits per heavy atom. The van der Waals surface area contributed by atoms with Crippen LogP contribution in [0.15, 0.2) is 17.1 Å². The first kappa shape index (κ1) is 15.9. The van der Waals surface area contributed by atoms with Gasteiger partial charge in [0, 0.05) is 24.9 Å². The Balaban J connectivity index is 1.87. The summed E-state index contributed by atoms with van der Waals surface area (Å²) in [6.07, 6.45) is 3.89. The lowest BCUT2D eigenvalue weighted by molar-refractivity contribution is 0.297. The number of nitrogens with one attached hydrogen (secondary N) is 1. The molecule has 0 saturated heterocycles. The van der Waals surface area contributed by atoms with Crippen LogP contribution >= 0.6 is 0 Å². The number of aromatic amines is 1. The van der Waals surface area contributed by atoms with E-state index in [2.05, 4.69) is 15.2 Å². The van der Waals surface area contributed by atoms with E-state index in [4.69, 9.17) is 10.5 Å². The summed E-state index contributed by atoms with van der Waals surface area (Å²) in [4.78, 5) is 16.8. The highest BCUT2D eigenvalue weighted by Gasteiger charge is 2.53. The highest BCUT2D eigenvalue weighted by atomic mass is 32.2. The standard InChI is InChI=1S/C15H17N5O4S/c1-20-11-8(10-9(14(20)21)12(16)19-18-10)3-6-17-13(11)24-7-15(4-5-15)25(2,22)23/h3,6H,4-5,7H2,1-2H3,(H3,16,18,19). The monoisotopic (exact) mass is 363 g/mol. The number of nitrogens with zero attached hydrogens (tertiary/aromatic N) is 3. The number of fused-ring (bicyclic) bond motifs is 3. The normalized spacial score (nSPS) is 16.4. The molecule has 3 aromatic heterocycles. The number of anilines is 1. The first-order chi connectivity index (χ1) is 11.8. The fourth-order valence-corrected chi connectivity index (χ4v) is 4.18. The van der Waals surface area contributed by atoms with E-state index in [0.29, 0.717) is 34.6 Å². The lowest BCUT2D eigenvalue weighted by Crippen LogP contribution is -2.29. The molecule has 0 spiro atoms. The van der Waals surface area contributed by atoms with Crippen LogP contribution in [0.25, 0.3) is 21.8 Å². The lowest BCUT2D eigenvalue weighted by Gasteiger charge is -2.16. The molecule has 25 heavy (non-hydrogen) atoms. The van der Waals surface area contributed by atoms with Gasteiger partial charge in [0.05, 0.1) is 5.52 Å². The Morgan fingerprint density at radius 3 is 2.80 bits per heavy atom. The molecule has 3 N–H and O–H groups in total. The van der Waals surface area contributed by atoms with Gasteiger partial charge in [-0.05, 0) is 18.9 Å². The van der Waals surface area contributed by atoms with Crippen LogP contribution in [-0.2, 0) is 16.9 Å². The van der Waals surface area contributed by atoms with Crippen molar-refractivity contribution in [2.45, 2.75) is 17.6 Å². The van der Waals surface area contributed by atoms with Gasteiger partial charge in [-0.1, -0.05) is 0 Å². The minimum atomic E-state index is -3.22. The van der Waals surface area contributed by atoms with Crippen molar-refractivity contribution in [3.63, 3.8) is 0 Å². The fourth-order valence-electron chi connectivity index (χ4n) is 3.06. The minimum Gasteiger partial charge on any atom is -0.474 e. The molecule has 3 heterocycles. The number of hydrogen-bond donors (Lipinski definition) is 2. The van der Waals surface area contributed by atoms with Crippen molar-refractivity contribution in [3.8, 4) is 5.88 Å². The number of nitrogens with two attached hydrogens (primary N) is 1. The van der Waals surface area contributed by atoms with Crippen molar-refractivity contribution in [3.05, 3.63) is 22.6 Å². The number of aromatic nitrogens is 4. The molecule has 1 fully saturated rings. The van der Waals surface area contributed by atoms with Crippen LogP contribution < -0.4 is 16.0 Å². The van der Waals surface area contributed by atoms with E-state index in [1.54, 1.807) is 19.3 Å². The summed E-state index contributed by atoms with van der Waals surface area (Å²) in [5.41, 5.74) is 6.43. The van der Waals surface area contributed by atoms with E-state index in [0.717, 1.165) is 0 Å². The van der Waals surface area contributed by atoms with Gasteiger partial charge in [0.25, 0.3) is 5.56 Å². The molecular weight excluding hydrogens is 346 g/mol. The average Bonchev–Trinajstić information content (AvgIpc) is 3.27. The van der Waals surface area contributed by atoms with Gasteiger partial charge in [0.2, 0.25) is 5.88 Å². The van der Waals surface area contributed by atoms with Crippen molar-refractivity contribution in [1.82, 2.24) is 19.7 Å². The van der Waals surface area contributed by atoms with Gasteiger partial charge >= 0.3 is 0 Å². The number of rotatable bonds is 4. The SMILES string of the molecule is Cn1c(=O)c2c(N)n[nH]c2c2ccnc(OCC3(S(C)(=O)=O)CC3)c21. The van der Waals surface area contributed by atoms with E-state index in [1.807, 2.05) is 0 Å². The maximum atomic E-state index is 12.6. The van der Waals surface area contributed by atoms with Gasteiger partial charge in [-0.15, -0.1) is 0 Å². The Labute approximate surface area is 142 Å². The van der Waals surface area contributed by atoms with Crippen molar-refractivity contribution in [2.24, 2.45) is 7.05 Å². The van der Waals surface area contributed by atoms with Crippen LogP contribution in [-0.4, -0.2) is 45.8 Å². The van der Waals surface area contributed by atoms with Crippen LogP contribution in [0, 0.1) is 0 Å². The Bertz CT molecular complexity index is 1170. The van der Waals surface area contributed by atoms with E-state index in [1.165, 1.54) is 10.8 Å². The summed E-state index contributed by atoms with van der Waals surface area (Å²) >= 11 is 0. The van der Waals surface area contributed by atoms with Crippen molar-refractivity contribution in [2.75, 3.05) is 18.6 Å². The van der Waals surface area contributed by atoms with E-state index >= 15 is 0 Å². The minimum absolute atomic E-state index is 0.00922. The zero-order chi connectivity index (χ0) is 18.0. The van der Waals surface area contributed by atoms with Crippen LogP contribution in [0.5, 0.6) is 5.88 Å². The van der Waals surface area contributed by atoms with Crippen LogP contribution in [0.1, 0.15) is 12.8 Å². The van der Waals surface area contributed by atoms with Gasteiger partial charge in [0.15, 0.2) is 15.7 Å². The fraction of sp³-hybridized carbons (Fsp3) is 0.400. The molecule has 0 atom stereocenters. The number of hydrogen-bond acceptors (Lipinski definition) is 7. The first-order valence-electron chi connectivity index (χ1n) is 7.69. The van der Waals surface area contributed by atoms with E-state index in [-0.39, 0.29) is 23.9 Å². The van der Waals surface area contributed by atoms with Gasteiger partial charge in [-0.3, -0.25) is 9.89 Å². The van der Waals surface area contributed by atoms with Gasteiger partial charge in [-0.2, -0.15) is 5.10 Å². The summed E-state index contributed by atoms with van der Waals surface area (Å²) in [7, 11) is -1.63. The number of ether oxygens (including phenoxy) is 1. The first-order valence-corrected chi connectivity index (χ1v) is 9.58. The molecule has 1 aliphatic carbocycles. The molecule has 0 aromatic carbocycles. The van der Waals surface area contributed by atoms with Crippen molar-refractivity contribution in [1.29, 1.82) is 0 Å². The second-order valence-corrected chi connectivity index (χ2v) is 8.89. The van der Waals surface area contributed by atoms with Gasteiger partial charge in [0.1, 0.15) is 22.3 Å². The Kier molecular flexibility index (Phi) is 3.14. The maximum Gasteiger partial charge on any atom is 0.264 e. The molecule has 0 amide bonds. The molecule has 9 nitrogen and oxygen atoms in total. The summed E-state index contributed by atoms with van der Waals surface area (Å²) in [5, 5.41) is 7.66. The summed E-state index contributed by atoms with van der Waals surface area (Å²) in [5.74, 6) is 0.341. The second kappa shape index (κ2) is 4.94. The molecule has 10 heteroatoms. The highest BCUT2D eigenvalue weighted by molar-refractivity contribution is 7.92. The second-order valence-electron chi connectivity index (χ2n) is 6.48. The van der Waals surface area contributed by atoms with Gasteiger partial charge in [-0.25, -0.2) is 13.4 Å². The molecule has 1 aliphatic rings. The smallest absolute Gasteiger partial charge is 0.264 e. The molecule has 4 rings (SSSR count). The molecule has 0 aliphatic heterocycles. The number of aryl methyl sites for hydroxylation is 1. The molecule has 1 saturated carbocycles. The molecule has 3 aromatic rings. The maximum absolute atomic E-state index is 12.6. The number of H-pyrrole nitrogens is 1. The molecule has 132 valence electrons. The molecular formula is C15H17N5O4S. The largest absolute Gasteiger partial charge is 0.474 e. The topological polar surface area (TPSA) is 133 Å². The van der Waals surface area contributed by atoms with Crippen molar-refractivity contribution < 1.29 is 13.2 Å². The quantitative estimate of drug-likeness (QED) is 0.683. The zero-order valence-corrected chi connectivity index (χ0v) is 14.6. The number of sulfone groups is 1. The molecule has 0 unspecified atom stereocenters. The summed E-state index contributed by atoms with van der Waals surface area (Å²) in [6, 6.07) is 1.73. The third-order valence-corrected chi connectivity index (χ3v) is 6.97. The van der Waals surface area contributed by atoms with Crippen LogP contribution in [0.4, 0.5) is 5.82 Å². The van der Waals surface area contributed by atoms with Gasteiger partial charge < -0.3 is 15.0 Å². The van der Waals surface area contributed by atoms with E-state index < -0.39 is 14.6 Å². The average molecular weight is 363 g/mol. The zero-order valence-electron chi connectivity index (χ0n) is 13.7. The lowest BCUT2D eigenvalue weighted by atomic mass is 10.2. The predicted molar refractivity (Wildman–Crippen MR) is 93.4 cm³/mol. The van der Waals surface area contributed by atoms with Crippen LogP contribution in [0.3, 0.4) is 0 Å². The summed E-state index contributed by atoms with van der Waals surface area (Å²) in [6.45, 7) is 0.00922. The van der Waals surface area contributed by atoms with E-state index in [9.17, 15) is 13.2 Å². The highest BCUT2D eigenvalue weighted by Crippen LogP contribution is 2.43. The third kappa shape index (κ3) is 2.20. The predicted octanol–water partition coefficient (Wildman–Crippen LogP) is 0.348. The number of nitrogen functional groups attached to an aromatic ring is 1. The molecule has 0 bridgehead atoms. The third-order valence-electron chi connectivity index (χ3n) is 4.87. The molecule has 0 radical (unpaired) electrons. The Morgan fingerprint density at radius 1 is 1.44 bits per heavy atom. The van der Waals surface area contributed by atoms with Crippen molar-refractivity contribution >= 4 is 37.5 Å². The van der Waals surface area contributed by atoms with Crippen LogP contribution in [0.2, 0.25) is 0 Å². The Hall–Kier alpha value is -2.62. The summed E-state index contributed by atoms with van der Waals surface area (Å²) < 4.78 is 30.1.